The fraction of sp³-hybridized carbons (Fsp3) is 0.409. The summed E-state index contributed by atoms with van der Waals surface area (Å²) in [5, 5.41) is 21.1. The van der Waals surface area contributed by atoms with Gasteiger partial charge in [-0.2, -0.15) is 0 Å². The van der Waals surface area contributed by atoms with Crippen molar-refractivity contribution in [2.75, 3.05) is 6.61 Å². The molecule has 1 saturated heterocycles. The highest BCUT2D eigenvalue weighted by Gasteiger charge is 2.31. The van der Waals surface area contributed by atoms with Crippen molar-refractivity contribution < 1.29 is 14.6 Å². The van der Waals surface area contributed by atoms with Crippen LogP contribution in [-0.4, -0.2) is 60.8 Å². The third-order valence-corrected chi connectivity index (χ3v) is 5.39. The molecule has 3 aromatic heterocycles. The van der Waals surface area contributed by atoms with E-state index in [0.717, 1.165) is 30.5 Å². The average Bonchev–Trinajstić information content (AvgIpc) is 3.29. The van der Waals surface area contributed by atoms with Gasteiger partial charge in [0.25, 0.3) is 0 Å². The molecule has 0 radical (unpaired) electrons. The van der Waals surface area contributed by atoms with Gasteiger partial charge in [0.05, 0.1) is 31.4 Å². The van der Waals surface area contributed by atoms with E-state index in [-0.39, 0.29) is 31.1 Å². The number of aliphatic hydroxyl groups excluding tert-OH is 1. The Morgan fingerprint density at radius 1 is 1.23 bits per heavy atom. The van der Waals surface area contributed by atoms with Crippen LogP contribution in [0.1, 0.15) is 25.0 Å². The predicted octanol–water partition coefficient (Wildman–Crippen LogP) is 1.39. The first kappa shape index (κ1) is 21.1. The number of amides is 1. The van der Waals surface area contributed by atoms with E-state index >= 15 is 0 Å². The number of hydrogen-bond donors (Lipinski definition) is 2. The third kappa shape index (κ3) is 5.71. The van der Waals surface area contributed by atoms with Gasteiger partial charge in [-0.05, 0) is 43.5 Å². The zero-order valence-electron chi connectivity index (χ0n) is 17.2. The Balaban J connectivity index is 1.26. The molecule has 9 heteroatoms. The smallest absolute Gasteiger partial charge is 0.226 e. The van der Waals surface area contributed by atoms with Gasteiger partial charge in [-0.1, -0.05) is 11.3 Å². The summed E-state index contributed by atoms with van der Waals surface area (Å²) in [6, 6.07) is 9.10. The quantitative estimate of drug-likeness (QED) is 0.564. The highest BCUT2D eigenvalue weighted by molar-refractivity contribution is 5.78. The van der Waals surface area contributed by atoms with Crippen molar-refractivity contribution in [1.29, 1.82) is 0 Å². The molecular formula is C22H26N6O3. The van der Waals surface area contributed by atoms with Gasteiger partial charge < -0.3 is 15.2 Å². The zero-order chi connectivity index (χ0) is 21.5. The second-order valence-corrected chi connectivity index (χ2v) is 7.63. The molecule has 9 nitrogen and oxygen atoms in total. The Hall–Kier alpha value is -3.17. The van der Waals surface area contributed by atoms with Crippen LogP contribution >= 0.6 is 0 Å². The minimum atomic E-state index is -0.423. The van der Waals surface area contributed by atoms with E-state index in [0.29, 0.717) is 12.2 Å². The maximum absolute atomic E-state index is 12.3. The van der Waals surface area contributed by atoms with Crippen LogP contribution in [0.5, 0.6) is 0 Å². The van der Waals surface area contributed by atoms with E-state index < -0.39 is 6.10 Å². The van der Waals surface area contributed by atoms with Gasteiger partial charge in [0.2, 0.25) is 5.91 Å². The van der Waals surface area contributed by atoms with Gasteiger partial charge in [0.15, 0.2) is 0 Å². The van der Waals surface area contributed by atoms with Crippen molar-refractivity contribution in [3.05, 3.63) is 60.8 Å². The highest BCUT2D eigenvalue weighted by atomic mass is 16.5. The Morgan fingerprint density at radius 2 is 2.16 bits per heavy atom. The van der Waals surface area contributed by atoms with E-state index in [1.807, 2.05) is 36.5 Å². The number of carbonyl (C=O) groups is 1. The van der Waals surface area contributed by atoms with Crippen molar-refractivity contribution in [3.63, 3.8) is 0 Å². The number of nitrogens with zero attached hydrogens (tertiary/aromatic N) is 5. The van der Waals surface area contributed by atoms with Crippen molar-refractivity contribution >= 4 is 5.91 Å². The number of aryl methyl sites for hydroxylation is 1. The van der Waals surface area contributed by atoms with E-state index in [2.05, 4.69) is 25.6 Å². The highest BCUT2D eigenvalue weighted by Crippen LogP contribution is 2.23. The standard InChI is InChI=1S/C22H26N6O3/c29-15-21-19(25-22(30)12-17-5-1-2-10-24-17)7-6-18(31-21)8-11-28-14-20(26-27-28)16-4-3-9-23-13-16/h1-5,9-10,13-14,18-19,21,29H,6-8,11-12,15H2,(H,25,30)/t18-,19+,21-/m0/s1. The molecule has 3 aromatic rings. The molecule has 1 aliphatic heterocycles. The first-order valence-corrected chi connectivity index (χ1v) is 10.5. The largest absolute Gasteiger partial charge is 0.394 e. The minimum Gasteiger partial charge on any atom is -0.394 e. The van der Waals surface area contributed by atoms with Crippen LogP contribution in [0.15, 0.2) is 55.1 Å². The first-order valence-electron chi connectivity index (χ1n) is 10.5. The lowest BCUT2D eigenvalue weighted by Crippen LogP contribution is -2.51. The Labute approximate surface area is 180 Å². The first-order chi connectivity index (χ1) is 15.2. The molecule has 162 valence electrons. The number of aromatic nitrogens is 5. The molecule has 1 amide bonds. The molecule has 0 unspecified atom stereocenters. The molecule has 0 aromatic carbocycles. The Bertz CT molecular complexity index is 966. The molecule has 4 heterocycles. The monoisotopic (exact) mass is 422 g/mol. The molecule has 0 bridgehead atoms. The number of hydrogen-bond acceptors (Lipinski definition) is 7. The number of carbonyl (C=O) groups excluding carboxylic acids is 1. The van der Waals surface area contributed by atoms with Crippen molar-refractivity contribution in [1.82, 2.24) is 30.3 Å². The van der Waals surface area contributed by atoms with Gasteiger partial charge >= 0.3 is 0 Å². The molecular weight excluding hydrogens is 396 g/mol. The zero-order valence-corrected chi connectivity index (χ0v) is 17.2. The van der Waals surface area contributed by atoms with Crippen molar-refractivity contribution in [3.8, 4) is 11.3 Å². The molecule has 31 heavy (non-hydrogen) atoms. The second-order valence-electron chi connectivity index (χ2n) is 7.63. The maximum Gasteiger partial charge on any atom is 0.226 e. The predicted molar refractivity (Wildman–Crippen MR) is 113 cm³/mol. The van der Waals surface area contributed by atoms with E-state index in [9.17, 15) is 9.90 Å². The van der Waals surface area contributed by atoms with E-state index in [1.165, 1.54) is 0 Å². The van der Waals surface area contributed by atoms with Gasteiger partial charge in [-0.3, -0.25) is 19.4 Å². The Morgan fingerprint density at radius 3 is 2.94 bits per heavy atom. The fourth-order valence-electron chi connectivity index (χ4n) is 3.76. The maximum atomic E-state index is 12.3. The summed E-state index contributed by atoms with van der Waals surface area (Å²) in [5.41, 5.74) is 2.42. The van der Waals surface area contributed by atoms with Gasteiger partial charge in [0.1, 0.15) is 11.8 Å². The summed E-state index contributed by atoms with van der Waals surface area (Å²) in [4.78, 5) is 20.6. The lowest BCUT2D eigenvalue weighted by atomic mass is 9.97. The van der Waals surface area contributed by atoms with Crippen molar-refractivity contribution in [2.24, 2.45) is 0 Å². The Kier molecular flexibility index (Phi) is 6.96. The van der Waals surface area contributed by atoms with Gasteiger partial charge in [-0.15, -0.1) is 5.10 Å². The molecule has 1 fully saturated rings. The normalized spacial score (nSPS) is 21.0. The summed E-state index contributed by atoms with van der Waals surface area (Å²) in [6.45, 7) is 0.520. The lowest BCUT2D eigenvalue weighted by Gasteiger charge is -2.36. The molecule has 0 spiro atoms. The van der Waals surface area contributed by atoms with Crippen LogP contribution in [-0.2, 0) is 22.5 Å². The fourth-order valence-corrected chi connectivity index (χ4v) is 3.76. The minimum absolute atomic E-state index is 0.00728. The summed E-state index contributed by atoms with van der Waals surface area (Å²) in [5.74, 6) is -0.116. The number of rotatable bonds is 8. The van der Waals surface area contributed by atoms with Crippen LogP contribution in [0.3, 0.4) is 0 Å². The molecule has 4 rings (SSSR count). The summed E-state index contributed by atoms with van der Waals surface area (Å²) < 4.78 is 7.85. The van der Waals surface area contributed by atoms with Gasteiger partial charge in [-0.25, -0.2) is 0 Å². The number of nitrogens with one attached hydrogen (secondary N) is 1. The average molecular weight is 422 g/mol. The van der Waals surface area contributed by atoms with Crippen LogP contribution in [0.25, 0.3) is 11.3 Å². The molecule has 3 atom stereocenters. The van der Waals surface area contributed by atoms with E-state index in [1.54, 1.807) is 23.3 Å². The van der Waals surface area contributed by atoms with Crippen LogP contribution in [0.2, 0.25) is 0 Å². The number of ether oxygens (including phenoxy) is 1. The molecule has 2 N–H and O–H groups in total. The summed E-state index contributed by atoms with van der Waals surface area (Å²) >= 11 is 0. The number of pyridine rings is 2. The molecule has 0 aliphatic carbocycles. The van der Waals surface area contributed by atoms with Gasteiger partial charge in [0, 0.05) is 36.4 Å². The topological polar surface area (TPSA) is 115 Å². The molecule has 1 aliphatic rings. The molecule has 0 saturated carbocycles. The summed E-state index contributed by atoms with van der Waals surface area (Å²) in [6.07, 6.45) is 9.13. The summed E-state index contributed by atoms with van der Waals surface area (Å²) in [7, 11) is 0. The third-order valence-electron chi connectivity index (χ3n) is 5.39. The van der Waals surface area contributed by atoms with Crippen LogP contribution in [0, 0.1) is 0 Å². The SMILES string of the molecule is O=C(Cc1ccccn1)N[C@@H]1CC[C@@H](CCn2cc(-c3cccnc3)nn2)O[C@H]1CO. The number of aliphatic hydroxyl groups is 1. The van der Waals surface area contributed by atoms with Crippen LogP contribution in [0.4, 0.5) is 0 Å². The van der Waals surface area contributed by atoms with Crippen molar-refractivity contribution in [2.45, 2.75) is 50.5 Å². The van der Waals surface area contributed by atoms with Crippen LogP contribution < -0.4 is 5.32 Å². The lowest BCUT2D eigenvalue weighted by molar-refractivity contribution is -0.128. The second kappa shape index (κ2) is 10.2. The van der Waals surface area contributed by atoms with E-state index in [4.69, 9.17) is 4.74 Å².